The SMILES string of the molecule is CC/C=C\C/C=C\C/C=C\CCCCCC(=O)OC(CO)COCCCCCCCCCCCCCCCCCCCC. The number of carbonyl (C=O) groups is 1. The van der Waals surface area contributed by atoms with Crippen LogP contribution in [-0.4, -0.2) is 37.0 Å². The maximum absolute atomic E-state index is 12.1. The van der Waals surface area contributed by atoms with E-state index < -0.39 is 6.10 Å². The fourth-order valence-electron chi connectivity index (χ4n) is 5.22. The molecule has 0 rings (SSSR count). The van der Waals surface area contributed by atoms with Gasteiger partial charge in [0, 0.05) is 13.0 Å². The van der Waals surface area contributed by atoms with Crippen molar-refractivity contribution >= 4 is 5.97 Å². The predicted octanol–water partition coefficient (Wildman–Crippen LogP) is 11.8. The van der Waals surface area contributed by atoms with Gasteiger partial charge in [0.1, 0.15) is 6.10 Å². The van der Waals surface area contributed by atoms with Crippen LogP contribution in [0.3, 0.4) is 0 Å². The van der Waals surface area contributed by atoms with Gasteiger partial charge in [0.15, 0.2) is 0 Å². The number of carbonyl (C=O) groups excluding carboxylic acids is 1. The van der Waals surface area contributed by atoms with E-state index in [2.05, 4.69) is 50.3 Å². The molecule has 0 heterocycles. The molecule has 0 aromatic carbocycles. The monoisotopic (exact) mass is 605 g/mol. The standard InChI is InChI=1S/C39H72O4/c1-3-5-7-9-11-13-15-17-18-19-20-21-23-25-27-29-31-33-35-42-37-38(36-40)43-39(41)34-32-30-28-26-24-22-16-14-12-10-8-6-4-2/h6,8,12,14,22,24,38,40H,3-5,7,9-11,13,15-21,23,25-37H2,1-2H3/b8-6-,14-12-,24-22-. The third-order valence-electron chi connectivity index (χ3n) is 7.98. The second kappa shape index (κ2) is 36.8. The van der Waals surface area contributed by atoms with E-state index in [1.807, 2.05) is 0 Å². The summed E-state index contributed by atoms with van der Waals surface area (Å²) in [6.07, 6.45) is 44.8. The van der Waals surface area contributed by atoms with Crippen LogP contribution in [0.15, 0.2) is 36.5 Å². The minimum atomic E-state index is -0.545. The number of rotatable bonds is 34. The number of hydrogen-bond donors (Lipinski definition) is 1. The Morgan fingerprint density at radius 3 is 1.56 bits per heavy atom. The van der Waals surface area contributed by atoms with Gasteiger partial charge in [-0.15, -0.1) is 0 Å². The van der Waals surface area contributed by atoms with E-state index >= 15 is 0 Å². The Morgan fingerprint density at radius 1 is 0.581 bits per heavy atom. The lowest BCUT2D eigenvalue weighted by molar-refractivity contribution is -0.154. The second-order valence-electron chi connectivity index (χ2n) is 12.3. The number of aliphatic hydroxyl groups excluding tert-OH is 1. The van der Waals surface area contributed by atoms with Crippen molar-refractivity contribution in [3.63, 3.8) is 0 Å². The van der Waals surface area contributed by atoms with Crippen molar-refractivity contribution < 1.29 is 19.4 Å². The van der Waals surface area contributed by atoms with Gasteiger partial charge >= 0.3 is 5.97 Å². The van der Waals surface area contributed by atoms with E-state index in [1.54, 1.807) is 0 Å². The molecule has 0 aliphatic carbocycles. The van der Waals surface area contributed by atoms with E-state index in [1.165, 1.54) is 109 Å². The fourth-order valence-corrected chi connectivity index (χ4v) is 5.22. The molecular weight excluding hydrogens is 532 g/mol. The summed E-state index contributed by atoms with van der Waals surface area (Å²) in [7, 11) is 0. The maximum Gasteiger partial charge on any atom is 0.306 e. The average molecular weight is 605 g/mol. The zero-order valence-electron chi connectivity index (χ0n) is 28.7. The van der Waals surface area contributed by atoms with Gasteiger partial charge in [0.2, 0.25) is 0 Å². The number of unbranched alkanes of at least 4 members (excludes halogenated alkanes) is 20. The van der Waals surface area contributed by atoms with Crippen LogP contribution in [0.5, 0.6) is 0 Å². The molecule has 0 aliphatic rings. The van der Waals surface area contributed by atoms with Crippen molar-refractivity contribution in [3.05, 3.63) is 36.5 Å². The molecule has 0 aromatic heterocycles. The molecule has 4 nitrogen and oxygen atoms in total. The van der Waals surface area contributed by atoms with Gasteiger partial charge in [-0.05, 0) is 44.9 Å². The van der Waals surface area contributed by atoms with Crippen LogP contribution in [0, 0.1) is 0 Å². The lowest BCUT2D eigenvalue weighted by atomic mass is 10.0. The molecule has 4 heteroatoms. The number of hydrogen-bond acceptors (Lipinski definition) is 4. The van der Waals surface area contributed by atoms with E-state index in [4.69, 9.17) is 9.47 Å². The van der Waals surface area contributed by atoms with Crippen molar-refractivity contribution in [2.45, 2.75) is 187 Å². The topological polar surface area (TPSA) is 55.8 Å². The average Bonchev–Trinajstić information content (AvgIpc) is 3.01. The molecular formula is C39H72O4. The maximum atomic E-state index is 12.1. The Bertz CT molecular complexity index is 639. The summed E-state index contributed by atoms with van der Waals surface area (Å²) in [5.74, 6) is -0.228. The largest absolute Gasteiger partial charge is 0.457 e. The Morgan fingerprint density at radius 2 is 1.05 bits per heavy atom. The lowest BCUT2D eigenvalue weighted by Gasteiger charge is -2.15. The molecule has 252 valence electrons. The Balaban J connectivity index is 3.44. The van der Waals surface area contributed by atoms with Crippen molar-refractivity contribution in [2.24, 2.45) is 0 Å². The third kappa shape index (κ3) is 35.0. The minimum Gasteiger partial charge on any atom is -0.457 e. The lowest BCUT2D eigenvalue weighted by Crippen LogP contribution is -2.27. The molecule has 0 aliphatic heterocycles. The summed E-state index contributed by atoms with van der Waals surface area (Å²) in [6.45, 7) is 5.21. The summed E-state index contributed by atoms with van der Waals surface area (Å²) in [5, 5.41) is 9.54. The molecule has 1 unspecified atom stereocenters. The molecule has 0 saturated heterocycles. The van der Waals surface area contributed by atoms with E-state index in [9.17, 15) is 9.90 Å². The van der Waals surface area contributed by atoms with Crippen LogP contribution in [-0.2, 0) is 14.3 Å². The quantitative estimate of drug-likeness (QED) is 0.0451. The first-order valence-corrected chi connectivity index (χ1v) is 18.6. The molecule has 0 fully saturated rings. The Hall–Kier alpha value is -1.39. The van der Waals surface area contributed by atoms with Gasteiger partial charge in [-0.1, -0.05) is 166 Å². The predicted molar refractivity (Wildman–Crippen MR) is 187 cm³/mol. The molecule has 0 spiro atoms. The zero-order chi connectivity index (χ0) is 31.3. The van der Waals surface area contributed by atoms with Crippen LogP contribution in [0.25, 0.3) is 0 Å². The minimum absolute atomic E-state index is 0.182. The molecule has 43 heavy (non-hydrogen) atoms. The first-order chi connectivity index (χ1) is 21.2. The van der Waals surface area contributed by atoms with Gasteiger partial charge in [-0.2, -0.15) is 0 Å². The molecule has 1 atom stereocenters. The first kappa shape index (κ1) is 41.6. The van der Waals surface area contributed by atoms with Gasteiger partial charge in [0.25, 0.3) is 0 Å². The Labute approximate surface area is 268 Å². The van der Waals surface area contributed by atoms with E-state index in [-0.39, 0.29) is 19.2 Å². The number of allylic oxidation sites excluding steroid dienone is 6. The highest BCUT2D eigenvalue weighted by molar-refractivity contribution is 5.69. The summed E-state index contributed by atoms with van der Waals surface area (Å²) < 4.78 is 11.1. The number of ether oxygens (including phenoxy) is 2. The highest BCUT2D eigenvalue weighted by Gasteiger charge is 2.13. The molecule has 1 N–H and O–H groups in total. The van der Waals surface area contributed by atoms with Crippen LogP contribution < -0.4 is 0 Å². The molecule has 0 amide bonds. The Kier molecular flexibility index (Phi) is 35.6. The van der Waals surface area contributed by atoms with E-state index in [0.29, 0.717) is 13.0 Å². The van der Waals surface area contributed by atoms with Crippen molar-refractivity contribution in [3.8, 4) is 0 Å². The summed E-state index contributed by atoms with van der Waals surface area (Å²) in [6, 6.07) is 0. The zero-order valence-corrected chi connectivity index (χ0v) is 28.7. The number of esters is 1. The highest BCUT2D eigenvalue weighted by atomic mass is 16.6. The van der Waals surface area contributed by atoms with Gasteiger partial charge in [-0.3, -0.25) is 4.79 Å². The first-order valence-electron chi connectivity index (χ1n) is 18.6. The van der Waals surface area contributed by atoms with Crippen LogP contribution in [0.1, 0.15) is 181 Å². The summed E-state index contributed by atoms with van der Waals surface area (Å²) in [4.78, 5) is 12.1. The number of aliphatic hydroxyl groups is 1. The van der Waals surface area contributed by atoms with Crippen LogP contribution >= 0.6 is 0 Å². The van der Waals surface area contributed by atoms with Crippen molar-refractivity contribution in [2.75, 3.05) is 19.8 Å². The molecule has 0 saturated carbocycles. The highest BCUT2D eigenvalue weighted by Crippen LogP contribution is 2.14. The van der Waals surface area contributed by atoms with Crippen molar-refractivity contribution in [1.82, 2.24) is 0 Å². The van der Waals surface area contributed by atoms with Crippen molar-refractivity contribution in [1.29, 1.82) is 0 Å². The normalized spacial score (nSPS) is 12.7. The van der Waals surface area contributed by atoms with Crippen LogP contribution in [0.4, 0.5) is 0 Å². The third-order valence-corrected chi connectivity index (χ3v) is 7.98. The molecule has 0 radical (unpaired) electrons. The summed E-state index contributed by atoms with van der Waals surface area (Å²) >= 11 is 0. The van der Waals surface area contributed by atoms with Gasteiger partial charge in [-0.25, -0.2) is 0 Å². The van der Waals surface area contributed by atoms with E-state index in [0.717, 1.165) is 51.4 Å². The van der Waals surface area contributed by atoms with Gasteiger partial charge < -0.3 is 14.6 Å². The second-order valence-corrected chi connectivity index (χ2v) is 12.3. The van der Waals surface area contributed by atoms with Crippen LogP contribution in [0.2, 0.25) is 0 Å². The molecule has 0 bridgehead atoms. The smallest absolute Gasteiger partial charge is 0.306 e. The fraction of sp³-hybridized carbons (Fsp3) is 0.821. The molecule has 0 aromatic rings. The van der Waals surface area contributed by atoms with Gasteiger partial charge in [0.05, 0.1) is 13.2 Å². The summed E-state index contributed by atoms with van der Waals surface area (Å²) in [5.41, 5.74) is 0.